The van der Waals surface area contributed by atoms with Gasteiger partial charge in [0.25, 0.3) is 0 Å². The summed E-state index contributed by atoms with van der Waals surface area (Å²) < 4.78 is 0. The molecule has 0 aromatic carbocycles. The zero-order valence-electron chi connectivity index (χ0n) is 9.55. The number of hydrogen-bond acceptors (Lipinski definition) is 2. The fraction of sp³-hybridized carbons (Fsp3) is 1.00. The SMILES string of the molecule is CC(C)CCC(N)CSCC(C)C. The van der Waals surface area contributed by atoms with Gasteiger partial charge in [0.05, 0.1) is 0 Å². The number of hydrogen-bond donors (Lipinski definition) is 1. The fourth-order valence-corrected chi connectivity index (χ4v) is 2.16. The van der Waals surface area contributed by atoms with E-state index < -0.39 is 0 Å². The molecule has 0 spiro atoms. The first-order valence-corrected chi connectivity index (χ1v) is 6.51. The Bertz CT molecular complexity index is 113. The van der Waals surface area contributed by atoms with Crippen LogP contribution in [0.15, 0.2) is 0 Å². The lowest BCUT2D eigenvalue weighted by Gasteiger charge is -2.13. The zero-order valence-corrected chi connectivity index (χ0v) is 10.4. The van der Waals surface area contributed by atoms with Crippen LogP contribution in [0.25, 0.3) is 0 Å². The van der Waals surface area contributed by atoms with E-state index in [1.807, 2.05) is 11.8 Å². The highest BCUT2D eigenvalue weighted by Crippen LogP contribution is 2.12. The second-order valence-corrected chi connectivity index (χ2v) is 5.74. The van der Waals surface area contributed by atoms with Crippen molar-refractivity contribution >= 4 is 11.8 Å². The topological polar surface area (TPSA) is 26.0 Å². The Morgan fingerprint density at radius 1 is 0.923 bits per heavy atom. The van der Waals surface area contributed by atoms with Crippen LogP contribution >= 0.6 is 11.8 Å². The van der Waals surface area contributed by atoms with Crippen molar-refractivity contribution in [1.29, 1.82) is 0 Å². The van der Waals surface area contributed by atoms with Crippen molar-refractivity contribution in [2.45, 2.75) is 46.6 Å². The lowest BCUT2D eigenvalue weighted by atomic mass is 10.1. The molecular weight excluding hydrogens is 178 g/mol. The van der Waals surface area contributed by atoms with Crippen LogP contribution < -0.4 is 5.73 Å². The van der Waals surface area contributed by atoms with Crippen LogP contribution in [0, 0.1) is 11.8 Å². The molecule has 0 fully saturated rings. The molecule has 0 aliphatic heterocycles. The summed E-state index contributed by atoms with van der Waals surface area (Å²) in [6, 6.07) is 0.408. The van der Waals surface area contributed by atoms with E-state index in [9.17, 15) is 0 Å². The minimum Gasteiger partial charge on any atom is -0.327 e. The first-order valence-electron chi connectivity index (χ1n) is 5.35. The molecule has 2 N–H and O–H groups in total. The maximum atomic E-state index is 5.99. The molecule has 0 aliphatic rings. The Morgan fingerprint density at radius 3 is 2.00 bits per heavy atom. The van der Waals surface area contributed by atoms with Crippen molar-refractivity contribution < 1.29 is 0 Å². The molecule has 0 saturated carbocycles. The molecule has 1 atom stereocenters. The molecule has 0 radical (unpaired) electrons. The summed E-state index contributed by atoms with van der Waals surface area (Å²) in [5, 5.41) is 0. The van der Waals surface area contributed by atoms with Crippen LogP contribution in [0.1, 0.15) is 40.5 Å². The summed E-state index contributed by atoms with van der Waals surface area (Å²) in [5.41, 5.74) is 5.99. The van der Waals surface area contributed by atoms with Gasteiger partial charge in [-0.3, -0.25) is 0 Å². The van der Waals surface area contributed by atoms with E-state index in [1.165, 1.54) is 18.6 Å². The lowest BCUT2D eigenvalue weighted by molar-refractivity contribution is 0.517. The van der Waals surface area contributed by atoms with Gasteiger partial charge in [-0.15, -0.1) is 0 Å². The number of thioether (sulfide) groups is 1. The number of rotatable bonds is 7. The van der Waals surface area contributed by atoms with Crippen LogP contribution in [0.4, 0.5) is 0 Å². The quantitative estimate of drug-likeness (QED) is 0.688. The van der Waals surface area contributed by atoms with Gasteiger partial charge in [0.2, 0.25) is 0 Å². The largest absolute Gasteiger partial charge is 0.327 e. The summed E-state index contributed by atoms with van der Waals surface area (Å²) in [6.07, 6.45) is 2.45. The van der Waals surface area contributed by atoms with Crippen LogP contribution in [0.3, 0.4) is 0 Å². The van der Waals surface area contributed by atoms with Gasteiger partial charge >= 0.3 is 0 Å². The third-order valence-electron chi connectivity index (χ3n) is 1.90. The Hall–Kier alpha value is 0.310. The van der Waals surface area contributed by atoms with Crippen molar-refractivity contribution in [3.63, 3.8) is 0 Å². The standard InChI is InChI=1S/C11H25NS/c1-9(2)5-6-11(12)8-13-7-10(3)4/h9-11H,5-8,12H2,1-4H3. The van der Waals surface area contributed by atoms with E-state index in [0.717, 1.165) is 17.6 Å². The highest BCUT2D eigenvalue weighted by atomic mass is 32.2. The molecule has 0 bridgehead atoms. The van der Waals surface area contributed by atoms with E-state index in [-0.39, 0.29) is 0 Å². The van der Waals surface area contributed by atoms with Gasteiger partial charge in [0.1, 0.15) is 0 Å². The maximum Gasteiger partial charge on any atom is 0.0130 e. The van der Waals surface area contributed by atoms with E-state index in [2.05, 4.69) is 27.7 Å². The van der Waals surface area contributed by atoms with Gasteiger partial charge in [-0.2, -0.15) is 11.8 Å². The number of nitrogens with two attached hydrogens (primary N) is 1. The summed E-state index contributed by atoms with van der Waals surface area (Å²) in [6.45, 7) is 9.03. The molecule has 1 unspecified atom stereocenters. The molecule has 0 rings (SSSR count). The fourth-order valence-electron chi connectivity index (χ4n) is 1.09. The van der Waals surface area contributed by atoms with Crippen LogP contribution in [0.2, 0.25) is 0 Å². The maximum absolute atomic E-state index is 5.99. The van der Waals surface area contributed by atoms with Gasteiger partial charge in [-0.25, -0.2) is 0 Å². The predicted molar refractivity (Wildman–Crippen MR) is 64.2 cm³/mol. The minimum atomic E-state index is 0.408. The lowest BCUT2D eigenvalue weighted by Crippen LogP contribution is -2.23. The molecular formula is C11H25NS. The summed E-state index contributed by atoms with van der Waals surface area (Å²) in [5.74, 6) is 3.96. The normalized spacial score (nSPS) is 14.1. The highest BCUT2D eigenvalue weighted by molar-refractivity contribution is 7.99. The van der Waals surface area contributed by atoms with E-state index in [0.29, 0.717) is 6.04 Å². The second kappa shape index (κ2) is 7.69. The van der Waals surface area contributed by atoms with Crippen molar-refractivity contribution in [3.05, 3.63) is 0 Å². The van der Waals surface area contributed by atoms with Crippen LogP contribution in [-0.2, 0) is 0 Å². The molecule has 13 heavy (non-hydrogen) atoms. The average molecular weight is 203 g/mol. The molecule has 0 saturated heterocycles. The minimum absolute atomic E-state index is 0.408. The Morgan fingerprint density at radius 2 is 1.54 bits per heavy atom. The zero-order chi connectivity index (χ0) is 10.3. The van der Waals surface area contributed by atoms with Gasteiger partial charge in [0, 0.05) is 11.8 Å². The van der Waals surface area contributed by atoms with E-state index in [1.54, 1.807) is 0 Å². The van der Waals surface area contributed by atoms with Crippen molar-refractivity contribution in [2.75, 3.05) is 11.5 Å². The van der Waals surface area contributed by atoms with Crippen LogP contribution in [-0.4, -0.2) is 17.5 Å². The highest BCUT2D eigenvalue weighted by Gasteiger charge is 2.04. The van der Waals surface area contributed by atoms with E-state index >= 15 is 0 Å². The van der Waals surface area contributed by atoms with Crippen LogP contribution in [0.5, 0.6) is 0 Å². The van der Waals surface area contributed by atoms with Gasteiger partial charge in [-0.1, -0.05) is 27.7 Å². The van der Waals surface area contributed by atoms with Crippen molar-refractivity contribution in [1.82, 2.24) is 0 Å². The van der Waals surface area contributed by atoms with E-state index in [4.69, 9.17) is 5.73 Å². The Balaban J connectivity index is 3.25. The van der Waals surface area contributed by atoms with Crippen molar-refractivity contribution in [2.24, 2.45) is 17.6 Å². The monoisotopic (exact) mass is 203 g/mol. The molecule has 1 nitrogen and oxygen atoms in total. The van der Waals surface area contributed by atoms with Gasteiger partial charge < -0.3 is 5.73 Å². The predicted octanol–water partition coefficient (Wildman–Crippen LogP) is 3.14. The average Bonchev–Trinajstić information content (AvgIpc) is 2.00. The Labute approximate surface area is 87.9 Å². The molecule has 80 valence electrons. The second-order valence-electron chi connectivity index (χ2n) is 4.66. The summed E-state index contributed by atoms with van der Waals surface area (Å²) in [7, 11) is 0. The summed E-state index contributed by atoms with van der Waals surface area (Å²) in [4.78, 5) is 0. The molecule has 2 heteroatoms. The molecule has 0 aromatic rings. The third-order valence-corrected chi connectivity index (χ3v) is 3.46. The Kier molecular flexibility index (Phi) is 7.87. The smallest absolute Gasteiger partial charge is 0.0130 e. The van der Waals surface area contributed by atoms with Gasteiger partial charge in [-0.05, 0) is 30.4 Å². The van der Waals surface area contributed by atoms with Crippen molar-refractivity contribution in [3.8, 4) is 0 Å². The molecule has 0 amide bonds. The van der Waals surface area contributed by atoms with Gasteiger partial charge in [0.15, 0.2) is 0 Å². The molecule has 0 aromatic heterocycles. The molecule has 0 aliphatic carbocycles. The third kappa shape index (κ3) is 10.2. The first-order chi connectivity index (χ1) is 6.02. The molecule has 0 heterocycles. The summed E-state index contributed by atoms with van der Waals surface area (Å²) >= 11 is 2.00. The first kappa shape index (κ1) is 13.3.